The van der Waals surface area contributed by atoms with Crippen LogP contribution >= 0.6 is 0 Å². The number of benzene rings is 1. The van der Waals surface area contributed by atoms with E-state index < -0.39 is 29.7 Å². The molecule has 138 valence electrons. The van der Waals surface area contributed by atoms with Gasteiger partial charge < -0.3 is 20.1 Å². The number of allylic oxidation sites excluding steroid dienone is 2. The molecule has 0 saturated carbocycles. The monoisotopic (exact) mass is 360 g/mol. The van der Waals surface area contributed by atoms with Gasteiger partial charge in [-0.3, -0.25) is 14.4 Å². The fraction of sp³-hybridized carbons (Fsp3) is 0.421. The number of ketones is 2. The SMILES string of the molecule is CC(C)C1=CC(=O)c2c(O)c3c(c(O)c2C1=O)C(C)OC(CC(=O)O)C3. The predicted molar refractivity (Wildman–Crippen MR) is 90.6 cm³/mol. The average Bonchev–Trinajstić information content (AvgIpc) is 2.52. The van der Waals surface area contributed by atoms with Crippen molar-refractivity contribution in [3.63, 3.8) is 0 Å². The molecule has 0 spiro atoms. The Bertz CT molecular complexity index is 863. The van der Waals surface area contributed by atoms with Gasteiger partial charge in [-0.1, -0.05) is 13.8 Å². The van der Waals surface area contributed by atoms with E-state index in [4.69, 9.17) is 9.84 Å². The first-order valence-electron chi connectivity index (χ1n) is 8.41. The molecule has 0 fully saturated rings. The zero-order valence-corrected chi connectivity index (χ0v) is 14.7. The minimum absolute atomic E-state index is 0.0286. The van der Waals surface area contributed by atoms with Crippen molar-refractivity contribution in [2.75, 3.05) is 0 Å². The van der Waals surface area contributed by atoms with Crippen molar-refractivity contribution in [2.24, 2.45) is 5.92 Å². The maximum Gasteiger partial charge on any atom is 0.305 e. The van der Waals surface area contributed by atoms with E-state index in [-0.39, 0.29) is 58.1 Å². The summed E-state index contributed by atoms with van der Waals surface area (Å²) in [6.45, 7) is 5.13. The number of ether oxygens (including phenoxy) is 1. The number of Topliss-reactive ketones (excluding diaryl/α,β-unsaturated/α-hetero) is 1. The minimum Gasteiger partial charge on any atom is -0.507 e. The van der Waals surface area contributed by atoms with E-state index in [9.17, 15) is 24.6 Å². The van der Waals surface area contributed by atoms with Crippen molar-refractivity contribution >= 4 is 17.5 Å². The Hall–Kier alpha value is -2.67. The van der Waals surface area contributed by atoms with E-state index >= 15 is 0 Å². The first-order chi connectivity index (χ1) is 12.1. The molecule has 1 aliphatic heterocycles. The van der Waals surface area contributed by atoms with Gasteiger partial charge in [0.15, 0.2) is 11.6 Å². The molecule has 1 aromatic rings. The van der Waals surface area contributed by atoms with Crippen molar-refractivity contribution in [1.29, 1.82) is 0 Å². The van der Waals surface area contributed by atoms with Crippen LogP contribution in [0.2, 0.25) is 0 Å². The number of aliphatic carboxylic acids is 1. The summed E-state index contributed by atoms with van der Waals surface area (Å²) in [7, 11) is 0. The quantitative estimate of drug-likeness (QED) is 0.708. The standard InChI is InChI=1S/C19H20O7/c1-7(2)10-6-12(20)15-16(17(10)23)19(25)14-8(3)26-9(5-13(21)22)4-11(14)18(15)24/h6-9,24-25H,4-5H2,1-3H3,(H,21,22). The molecule has 0 bridgehead atoms. The Morgan fingerprint density at radius 1 is 1.23 bits per heavy atom. The topological polar surface area (TPSA) is 121 Å². The lowest BCUT2D eigenvalue weighted by Gasteiger charge is -2.33. The normalized spacial score (nSPS) is 22.1. The van der Waals surface area contributed by atoms with Crippen LogP contribution < -0.4 is 0 Å². The van der Waals surface area contributed by atoms with E-state index in [1.165, 1.54) is 6.08 Å². The first kappa shape index (κ1) is 18.1. The van der Waals surface area contributed by atoms with Crippen molar-refractivity contribution in [3.8, 4) is 11.5 Å². The van der Waals surface area contributed by atoms with Gasteiger partial charge in [0.2, 0.25) is 0 Å². The summed E-state index contributed by atoms with van der Waals surface area (Å²) in [4.78, 5) is 36.3. The zero-order chi connectivity index (χ0) is 19.3. The summed E-state index contributed by atoms with van der Waals surface area (Å²) in [6, 6.07) is 0. The lowest BCUT2D eigenvalue weighted by molar-refractivity contribution is -0.141. The predicted octanol–water partition coefficient (Wildman–Crippen LogP) is 2.54. The van der Waals surface area contributed by atoms with Crippen molar-refractivity contribution in [1.82, 2.24) is 0 Å². The number of phenolic OH excluding ortho intramolecular Hbond substituents is 2. The number of carbonyl (C=O) groups excluding carboxylic acids is 2. The zero-order valence-electron chi connectivity index (χ0n) is 14.7. The summed E-state index contributed by atoms with van der Waals surface area (Å²) in [5.74, 6) is -3.07. The van der Waals surface area contributed by atoms with Crippen molar-refractivity contribution < 1.29 is 34.4 Å². The van der Waals surface area contributed by atoms with Gasteiger partial charge in [0.05, 0.1) is 29.8 Å². The number of carboxylic acid groups (broad SMARTS) is 1. The molecule has 2 unspecified atom stereocenters. The summed E-state index contributed by atoms with van der Waals surface area (Å²) >= 11 is 0. The smallest absolute Gasteiger partial charge is 0.305 e. The second-order valence-electron chi connectivity index (χ2n) is 6.99. The molecule has 3 N–H and O–H groups in total. The lowest BCUT2D eigenvalue weighted by Crippen LogP contribution is -2.29. The van der Waals surface area contributed by atoms with Crippen LogP contribution in [0.25, 0.3) is 0 Å². The molecule has 1 aliphatic carbocycles. The maximum atomic E-state index is 12.8. The fourth-order valence-corrected chi connectivity index (χ4v) is 3.70. The highest BCUT2D eigenvalue weighted by molar-refractivity contribution is 6.27. The van der Waals surface area contributed by atoms with Gasteiger partial charge in [0.1, 0.15) is 11.5 Å². The number of rotatable bonds is 3. The second-order valence-corrected chi connectivity index (χ2v) is 6.99. The molecule has 3 rings (SSSR count). The number of carboxylic acids is 1. The highest BCUT2D eigenvalue weighted by atomic mass is 16.5. The van der Waals surface area contributed by atoms with E-state index in [1.807, 2.05) is 0 Å². The van der Waals surface area contributed by atoms with Crippen molar-refractivity contribution in [2.45, 2.75) is 45.8 Å². The number of aromatic hydroxyl groups is 2. The van der Waals surface area contributed by atoms with Gasteiger partial charge in [-0.2, -0.15) is 0 Å². The van der Waals surface area contributed by atoms with Crippen LogP contribution in [0, 0.1) is 5.92 Å². The Labute approximate surface area is 149 Å². The maximum absolute atomic E-state index is 12.8. The molecule has 0 radical (unpaired) electrons. The highest BCUT2D eigenvalue weighted by Gasteiger charge is 2.39. The van der Waals surface area contributed by atoms with Gasteiger partial charge in [0.25, 0.3) is 0 Å². The molecule has 7 heteroatoms. The molecule has 26 heavy (non-hydrogen) atoms. The Balaban J connectivity index is 2.20. The van der Waals surface area contributed by atoms with Crippen LogP contribution in [-0.4, -0.2) is 39.0 Å². The van der Waals surface area contributed by atoms with Gasteiger partial charge in [-0.25, -0.2) is 0 Å². The molecule has 2 atom stereocenters. The minimum atomic E-state index is -1.05. The number of fused-ring (bicyclic) bond motifs is 2. The molecule has 7 nitrogen and oxygen atoms in total. The van der Waals surface area contributed by atoms with Crippen molar-refractivity contribution in [3.05, 3.63) is 33.9 Å². The summed E-state index contributed by atoms with van der Waals surface area (Å²) in [6.07, 6.45) is -0.477. The van der Waals surface area contributed by atoms with E-state index in [2.05, 4.69) is 0 Å². The molecule has 0 saturated heterocycles. The molecule has 2 aliphatic rings. The number of hydrogen-bond donors (Lipinski definition) is 3. The summed E-state index contributed by atoms with van der Waals surface area (Å²) in [5, 5.41) is 30.4. The number of phenols is 2. The van der Waals surface area contributed by atoms with E-state index in [0.29, 0.717) is 0 Å². The van der Waals surface area contributed by atoms with Crippen LogP contribution in [0.15, 0.2) is 11.6 Å². The Morgan fingerprint density at radius 3 is 2.46 bits per heavy atom. The third kappa shape index (κ3) is 2.68. The summed E-state index contributed by atoms with van der Waals surface area (Å²) < 4.78 is 5.62. The third-order valence-electron chi connectivity index (χ3n) is 4.87. The molecule has 1 heterocycles. The van der Waals surface area contributed by atoms with Crippen LogP contribution in [0.3, 0.4) is 0 Å². The van der Waals surface area contributed by atoms with E-state index in [1.54, 1.807) is 20.8 Å². The Kier molecular flexibility index (Phi) is 4.36. The van der Waals surface area contributed by atoms with Gasteiger partial charge in [-0.05, 0) is 18.9 Å². The first-order valence-corrected chi connectivity index (χ1v) is 8.41. The van der Waals surface area contributed by atoms with Crippen LogP contribution in [0.5, 0.6) is 11.5 Å². The van der Waals surface area contributed by atoms with Crippen LogP contribution in [0.4, 0.5) is 0 Å². The van der Waals surface area contributed by atoms with Crippen LogP contribution in [-0.2, 0) is 16.0 Å². The largest absolute Gasteiger partial charge is 0.507 e. The van der Waals surface area contributed by atoms with Gasteiger partial charge in [0, 0.05) is 23.1 Å². The Morgan fingerprint density at radius 2 is 1.88 bits per heavy atom. The average molecular weight is 360 g/mol. The fourth-order valence-electron chi connectivity index (χ4n) is 3.70. The number of hydrogen-bond acceptors (Lipinski definition) is 6. The third-order valence-corrected chi connectivity index (χ3v) is 4.87. The van der Waals surface area contributed by atoms with Crippen LogP contribution in [0.1, 0.15) is 65.1 Å². The summed E-state index contributed by atoms with van der Waals surface area (Å²) in [5.41, 5.74) is 0.330. The van der Waals surface area contributed by atoms with E-state index in [0.717, 1.165) is 0 Å². The van der Waals surface area contributed by atoms with Gasteiger partial charge >= 0.3 is 5.97 Å². The second kappa shape index (κ2) is 6.25. The lowest BCUT2D eigenvalue weighted by atomic mass is 9.79. The highest BCUT2D eigenvalue weighted by Crippen LogP contribution is 2.48. The molecule has 1 aromatic carbocycles. The molecule has 0 amide bonds. The number of carbonyl (C=O) groups is 3. The molecular formula is C19H20O7. The molecule has 0 aromatic heterocycles. The van der Waals surface area contributed by atoms with Gasteiger partial charge in [-0.15, -0.1) is 0 Å². The molecular weight excluding hydrogens is 340 g/mol.